The molecule has 1 heterocycles. The third-order valence-electron chi connectivity index (χ3n) is 4.57. The normalized spacial score (nSPS) is 29.2. The van der Waals surface area contributed by atoms with Gasteiger partial charge in [0.15, 0.2) is 0 Å². The van der Waals surface area contributed by atoms with E-state index in [0.29, 0.717) is 19.5 Å². The molecule has 0 spiro atoms. The average molecular weight is 284 g/mol. The van der Waals surface area contributed by atoms with Crippen LogP contribution < -0.4 is 5.32 Å². The molecule has 3 N–H and O–H groups in total. The number of urea groups is 1. The van der Waals surface area contributed by atoms with Crippen molar-refractivity contribution in [3.8, 4) is 0 Å². The Morgan fingerprint density at radius 3 is 2.55 bits per heavy atom. The van der Waals surface area contributed by atoms with Crippen molar-refractivity contribution in [3.05, 3.63) is 0 Å². The third kappa shape index (κ3) is 3.42. The highest BCUT2D eigenvalue weighted by Gasteiger charge is 2.39. The summed E-state index contributed by atoms with van der Waals surface area (Å²) in [6.07, 6.45) is 3.61. The van der Waals surface area contributed by atoms with Gasteiger partial charge in [-0.25, -0.2) is 4.79 Å². The van der Waals surface area contributed by atoms with Gasteiger partial charge in [0, 0.05) is 13.1 Å². The summed E-state index contributed by atoms with van der Waals surface area (Å²) in [5.74, 6) is -0.803. The molecule has 0 aromatic carbocycles. The van der Waals surface area contributed by atoms with Crippen LogP contribution in [0.5, 0.6) is 0 Å². The Bertz CT molecular complexity index is 379. The molecule has 1 aliphatic heterocycles. The van der Waals surface area contributed by atoms with Gasteiger partial charge in [-0.3, -0.25) is 4.79 Å². The summed E-state index contributed by atoms with van der Waals surface area (Å²) in [6, 6.07) is -0.188. The fraction of sp³-hybridized carbons (Fsp3) is 0.857. The van der Waals surface area contributed by atoms with Gasteiger partial charge in [0.25, 0.3) is 0 Å². The number of carbonyl (C=O) groups is 2. The van der Waals surface area contributed by atoms with Crippen molar-refractivity contribution in [3.63, 3.8) is 0 Å². The second-order valence-corrected chi connectivity index (χ2v) is 6.27. The number of hydrogen-bond acceptors (Lipinski definition) is 3. The van der Waals surface area contributed by atoms with Crippen LogP contribution in [0.1, 0.15) is 45.4 Å². The van der Waals surface area contributed by atoms with Gasteiger partial charge in [-0.2, -0.15) is 0 Å². The molecule has 114 valence electrons. The van der Waals surface area contributed by atoms with Crippen LogP contribution in [0, 0.1) is 5.92 Å². The smallest absolute Gasteiger partial charge is 0.317 e. The first-order chi connectivity index (χ1) is 9.42. The van der Waals surface area contributed by atoms with Crippen molar-refractivity contribution in [1.29, 1.82) is 0 Å². The number of aliphatic carboxylic acids is 1. The zero-order valence-corrected chi connectivity index (χ0v) is 12.0. The topological polar surface area (TPSA) is 89.9 Å². The lowest BCUT2D eigenvalue weighted by molar-refractivity contribution is -0.138. The molecular weight excluding hydrogens is 260 g/mol. The van der Waals surface area contributed by atoms with Gasteiger partial charge in [-0.15, -0.1) is 0 Å². The predicted octanol–water partition coefficient (Wildman–Crippen LogP) is 1.19. The summed E-state index contributed by atoms with van der Waals surface area (Å²) in [5.41, 5.74) is -0.581. The van der Waals surface area contributed by atoms with E-state index in [-0.39, 0.29) is 24.5 Å². The molecule has 1 saturated carbocycles. The van der Waals surface area contributed by atoms with Crippen LogP contribution in [0.2, 0.25) is 0 Å². The summed E-state index contributed by atoms with van der Waals surface area (Å²) in [4.78, 5) is 25.0. The van der Waals surface area contributed by atoms with Crippen LogP contribution in [0.15, 0.2) is 0 Å². The minimum Gasteiger partial charge on any atom is -0.481 e. The molecule has 2 rings (SSSR count). The summed E-state index contributed by atoms with van der Waals surface area (Å²) in [6.45, 7) is 2.98. The van der Waals surface area contributed by atoms with E-state index in [0.717, 1.165) is 25.7 Å². The van der Waals surface area contributed by atoms with E-state index in [1.54, 1.807) is 4.90 Å². The number of nitrogens with one attached hydrogen (secondary N) is 1. The number of rotatable bonds is 3. The highest BCUT2D eigenvalue weighted by atomic mass is 16.4. The number of carbonyl (C=O) groups excluding carboxylic acids is 1. The molecule has 0 aromatic heterocycles. The second-order valence-electron chi connectivity index (χ2n) is 6.27. The van der Waals surface area contributed by atoms with E-state index < -0.39 is 11.5 Å². The second kappa shape index (κ2) is 5.99. The average Bonchev–Trinajstić information content (AvgIpc) is 2.79. The predicted molar refractivity (Wildman–Crippen MR) is 73.3 cm³/mol. The molecule has 2 unspecified atom stereocenters. The van der Waals surface area contributed by atoms with Gasteiger partial charge in [0.1, 0.15) is 0 Å². The first-order valence-corrected chi connectivity index (χ1v) is 7.39. The summed E-state index contributed by atoms with van der Waals surface area (Å²) in [7, 11) is 0. The zero-order valence-electron chi connectivity index (χ0n) is 12.0. The number of aliphatic hydroxyl groups excluding tert-OH is 1. The van der Waals surface area contributed by atoms with Crippen molar-refractivity contribution in [2.75, 3.05) is 13.1 Å². The fourth-order valence-corrected chi connectivity index (χ4v) is 3.31. The fourth-order valence-electron chi connectivity index (χ4n) is 3.31. The molecule has 1 saturated heterocycles. The van der Waals surface area contributed by atoms with Crippen LogP contribution in [-0.2, 0) is 4.79 Å². The molecule has 2 amide bonds. The largest absolute Gasteiger partial charge is 0.481 e. The summed E-state index contributed by atoms with van der Waals surface area (Å²) in [5, 5.41) is 21.7. The van der Waals surface area contributed by atoms with E-state index in [9.17, 15) is 14.7 Å². The molecule has 6 heteroatoms. The standard InChI is InChI=1S/C14H24N2O4/c1-10-9-16(7-4-11(10)17)13(20)15-14(8-12(18)19)5-2-3-6-14/h10-11,17H,2-9H2,1H3,(H,15,20)(H,18,19). The van der Waals surface area contributed by atoms with Crippen molar-refractivity contribution in [2.24, 2.45) is 5.92 Å². The number of aliphatic hydroxyl groups is 1. The highest BCUT2D eigenvalue weighted by Crippen LogP contribution is 2.33. The van der Waals surface area contributed by atoms with E-state index in [4.69, 9.17) is 5.11 Å². The lowest BCUT2D eigenvalue weighted by Gasteiger charge is -2.37. The molecule has 2 aliphatic rings. The lowest BCUT2D eigenvalue weighted by Crippen LogP contribution is -2.56. The maximum Gasteiger partial charge on any atom is 0.317 e. The highest BCUT2D eigenvalue weighted by molar-refractivity contribution is 5.77. The number of nitrogens with zero attached hydrogens (tertiary/aromatic N) is 1. The minimum absolute atomic E-state index is 0.00917. The Balaban J connectivity index is 1.96. The number of amides is 2. The number of carboxylic acid groups (broad SMARTS) is 1. The van der Waals surface area contributed by atoms with Crippen LogP contribution >= 0.6 is 0 Å². The van der Waals surface area contributed by atoms with Gasteiger partial charge in [-0.05, 0) is 25.2 Å². The van der Waals surface area contributed by atoms with Crippen molar-refractivity contribution >= 4 is 12.0 Å². The Morgan fingerprint density at radius 1 is 1.35 bits per heavy atom. The first kappa shape index (κ1) is 15.1. The van der Waals surface area contributed by atoms with E-state index in [1.165, 1.54) is 0 Å². The SMILES string of the molecule is CC1CN(C(=O)NC2(CC(=O)O)CCCC2)CCC1O. The van der Waals surface area contributed by atoms with Crippen molar-refractivity contribution in [1.82, 2.24) is 10.2 Å². The molecule has 0 radical (unpaired) electrons. The quantitative estimate of drug-likeness (QED) is 0.726. The Kier molecular flexibility index (Phi) is 4.52. The molecule has 6 nitrogen and oxygen atoms in total. The maximum atomic E-state index is 12.3. The van der Waals surface area contributed by atoms with Gasteiger partial charge in [-0.1, -0.05) is 19.8 Å². The Labute approximate surface area is 119 Å². The Hall–Kier alpha value is -1.30. The molecule has 2 fully saturated rings. The van der Waals surface area contributed by atoms with Gasteiger partial charge in [0.05, 0.1) is 18.1 Å². The van der Waals surface area contributed by atoms with Crippen molar-refractivity contribution in [2.45, 2.75) is 57.1 Å². The van der Waals surface area contributed by atoms with E-state index >= 15 is 0 Å². The minimum atomic E-state index is -0.866. The monoisotopic (exact) mass is 284 g/mol. The molecule has 20 heavy (non-hydrogen) atoms. The zero-order chi connectivity index (χ0) is 14.8. The first-order valence-electron chi connectivity index (χ1n) is 7.39. The summed E-state index contributed by atoms with van der Waals surface area (Å²) < 4.78 is 0. The van der Waals surface area contributed by atoms with E-state index in [1.807, 2.05) is 6.92 Å². The summed E-state index contributed by atoms with van der Waals surface area (Å²) >= 11 is 0. The van der Waals surface area contributed by atoms with Gasteiger partial charge in [0.2, 0.25) is 0 Å². The van der Waals surface area contributed by atoms with Gasteiger partial charge < -0.3 is 20.4 Å². The number of carboxylic acids is 1. The third-order valence-corrected chi connectivity index (χ3v) is 4.57. The van der Waals surface area contributed by atoms with Gasteiger partial charge >= 0.3 is 12.0 Å². The molecule has 1 aliphatic carbocycles. The van der Waals surface area contributed by atoms with Crippen molar-refractivity contribution < 1.29 is 19.8 Å². The molecular formula is C14H24N2O4. The van der Waals surface area contributed by atoms with E-state index in [2.05, 4.69) is 5.32 Å². The van der Waals surface area contributed by atoms with Crippen LogP contribution in [0.3, 0.4) is 0 Å². The van der Waals surface area contributed by atoms with Crippen LogP contribution in [0.25, 0.3) is 0 Å². The van der Waals surface area contributed by atoms with Crippen LogP contribution in [-0.4, -0.2) is 51.8 Å². The lowest BCUT2D eigenvalue weighted by atomic mass is 9.93. The van der Waals surface area contributed by atoms with Crippen LogP contribution in [0.4, 0.5) is 4.79 Å². The Morgan fingerprint density at radius 2 is 2.00 bits per heavy atom. The molecule has 0 bridgehead atoms. The molecule has 0 aromatic rings. The molecule has 2 atom stereocenters. The number of piperidine rings is 1. The number of likely N-dealkylation sites (tertiary alicyclic amines) is 1. The maximum absolute atomic E-state index is 12.3. The number of hydrogen-bond donors (Lipinski definition) is 3.